The molecule has 10 aromatic carbocycles. The summed E-state index contributed by atoms with van der Waals surface area (Å²) in [4.78, 5) is 0. The lowest BCUT2D eigenvalue weighted by Gasteiger charge is -2.15. The quantitative estimate of drug-likeness (QED) is 0.159. The van der Waals surface area contributed by atoms with Crippen LogP contribution >= 0.6 is 0 Å². The van der Waals surface area contributed by atoms with Gasteiger partial charge >= 0.3 is 0 Å². The van der Waals surface area contributed by atoms with Crippen molar-refractivity contribution < 1.29 is 0 Å². The summed E-state index contributed by atoms with van der Waals surface area (Å²) in [7, 11) is 0. The molecule has 294 valence electrons. The topological polar surface area (TPSA) is 14.8 Å². The second-order valence-corrected chi connectivity index (χ2v) is 16.5. The fourth-order valence-corrected chi connectivity index (χ4v) is 10.3. The molecule has 0 spiro atoms. The van der Waals surface area contributed by atoms with Crippen LogP contribution in [0.1, 0.15) is 0 Å². The van der Waals surface area contributed by atoms with Gasteiger partial charge in [0.25, 0.3) is 0 Å². The van der Waals surface area contributed by atoms with Crippen LogP contribution in [0.15, 0.2) is 237 Å². The zero-order valence-electron chi connectivity index (χ0n) is 34.4. The lowest BCUT2D eigenvalue weighted by atomic mass is 10.0. The van der Waals surface area contributed by atoms with Crippen LogP contribution in [-0.2, 0) is 0 Å². The van der Waals surface area contributed by atoms with E-state index in [0.717, 1.165) is 17.1 Å². The molecule has 0 saturated heterocycles. The van der Waals surface area contributed by atoms with Crippen LogP contribution in [0, 0.1) is 0 Å². The molecule has 0 aliphatic heterocycles. The predicted octanol–water partition coefficient (Wildman–Crippen LogP) is 16.0. The van der Waals surface area contributed by atoms with Crippen molar-refractivity contribution in [1.82, 2.24) is 13.7 Å². The van der Waals surface area contributed by atoms with Gasteiger partial charge in [0.15, 0.2) is 0 Å². The fourth-order valence-electron chi connectivity index (χ4n) is 10.3. The summed E-state index contributed by atoms with van der Waals surface area (Å²) in [5.74, 6) is 0. The molecule has 0 N–H and O–H groups in total. The molecule has 3 aromatic heterocycles. The Bertz CT molecular complexity index is 3900. The number of nitrogens with zero attached hydrogens (tertiary/aromatic N) is 3. The van der Waals surface area contributed by atoms with Crippen molar-refractivity contribution in [2.24, 2.45) is 0 Å². The summed E-state index contributed by atoms with van der Waals surface area (Å²) in [5, 5.41) is 7.44. The predicted molar refractivity (Wildman–Crippen MR) is 266 cm³/mol. The van der Waals surface area contributed by atoms with E-state index in [-0.39, 0.29) is 0 Å². The molecule has 3 nitrogen and oxygen atoms in total. The number of rotatable bonds is 6. The van der Waals surface area contributed by atoms with Gasteiger partial charge in [0.2, 0.25) is 0 Å². The highest BCUT2D eigenvalue weighted by atomic mass is 15.0. The highest BCUT2D eigenvalue weighted by Crippen LogP contribution is 2.44. The molecule has 0 atom stereocenters. The number of hydrogen-bond donors (Lipinski definition) is 0. The smallest absolute Gasteiger partial charge is 0.0641 e. The van der Waals surface area contributed by atoms with Gasteiger partial charge in [-0.3, -0.25) is 0 Å². The largest absolute Gasteiger partial charge is 0.309 e. The molecule has 3 heterocycles. The highest BCUT2D eigenvalue weighted by molar-refractivity contribution is 6.26. The molecule has 0 aliphatic carbocycles. The van der Waals surface area contributed by atoms with Crippen molar-refractivity contribution in [3.63, 3.8) is 0 Å². The van der Waals surface area contributed by atoms with Crippen LogP contribution < -0.4 is 0 Å². The van der Waals surface area contributed by atoms with Gasteiger partial charge in [0.1, 0.15) is 0 Å². The van der Waals surface area contributed by atoms with Crippen molar-refractivity contribution >= 4 is 65.4 Å². The van der Waals surface area contributed by atoms with Crippen LogP contribution in [0.2, 0.25) is 0 Å². The molecule has 0 fully saturated rings. The van der Waals surface area contributed by atoms with Gasteiger partial charge in [-0.1, -0.05) is 176 Å². The molecule has 0 radical (unpaired) electrons. The normalized spacial score (nSPS) is 11.8. The molecular formula is C60H39N3. The Labute approximate surface area is 364 Å². The van der Waals surface area contributed by atoms with E-state index in [0.29, 0.717) is 0 Å². The third kappa shape index (κ3) is 5.46. The molecule has 13 rings (SSSR count). The Morgan fingerprint density at radius 2 is 0.730 bits per heavy atom. The first kappa shape index (κ1) is 35.4. The standard InChI is InChI=1S/C60H39N3/c1-3-17-40(18-4-1)42-21-15-23-45(37-42)61-54-30-12-8-26-48(54)50-34-33-44(39-58(50)61)47-25-7-11-29-53(47)63-56-32-14-10-28-52(56)59-57(63)36-35-51-49-27-9-13-31-55(49)62(60(51)59)46-24-16-22-43(38-46)41-19-5-2-6-20-41/h1-39H. The lowest BCUT2D eigenvalue weighted by molar-refractivity contribution is 1.17. The second kappa shape index (κ2) is 14.1. The van der Waals surface area contributed by atoms with Gasteiger partial charge in [-0.15, -0.1) is 0 Å². The SMILES string of the molecule is c1ccc(-c2cccc(-n3c4ccccc4c4ccc(-c5ccccc5-n5c6ccccc6c6c5ccc5c7ccccc7n(-c7cccc(-c8ccccc8)c7)c56)cc43)c2)cc1. The summed E-state index contributed by atoms with van der Waals surface area (Å²) in [6.45, 7) is 0. The van der Waals surface area contributed by atoms with Gasteiger partial charge in [-0.25, -0.2) is 0 Å². The highest BCUT2D eigenvalue weighted by Gasteiger charge is 2.23. The third-order valence-corrected chi connectivity index (χ3v) is 13.0. The second-order valence-electron chi connectivity index (χ2n) is 16.5. The summed E-state index contributed by atoms with van der Waals surface area (Å²) in [5.41, 5.74) is 17.7. The van der Waals surface area contributed by atoms with Crippen LogP contribution in [0.3, 0.4) is 0 Å². The van der Waals surface area contributed by atoms with Crippen molar-refractivity contribution in [3.05, 3.63) is 237 Å². The zero-order valence-corrected chi connectivity index (χ0v) is 34.4. The van der Waals surface area contributed by atoms with Crippen molar-refractivity contribution in [1.29, 1.82) is 0 Å². The molecule has 0 amide bonds. The number of para-hydroxylation sites is 4. The van der Waals surface area contributed by atoms with Crippen LogP contribution in [-0.4, -0.2) is 13.7 Å². The zero-order chi connectivity index (χ0) is 41.4. The Balaban J connectivity index is 1.05. The Kier molecular flexibility index (Phi) is 7.91. The Morgan fingerprint density at radius 1 is 0.238 bits per heavy atom. The number of hydrogen-bond acceptors (Lipinski definition) is 0. The average Bonchev–Trinajstić information content (AvgIpc) is 4.00. The van der Waals surface area contributed by atoms with Gasteiger partial charge in [0.05, 0.1) is 38.8 Å². The maximum atomic E-state index is 2.49. The fraction of sp³-hybridized carbons (Fsp3) is 0. The number of aromatic nitrogens is 3. The number of fused-ring (bicyclic) bond motifs is 10. The summed E-state index contributed by atoms with van der Waals surface area (Å²) in [6, 6.07) is 86.4. The van der Waals surface area contributed by atoms with E-state index in [9.17, 15) is 0 Å². The van der Waals surface area contributed by atoms with Crippen molar-refractivity contribution in [2.45, 2.75) is 0 Å². The maximum Gasteiger partial charge on any atom is 0.0641 e. The Morgan fingerprint density at radius 3 is 1.41 bits per heavy atom. The molecular weight excluding hydrogens is 763 g/mol. The maximum absolute atomic E-state index is 2.49. The van der Waals surface area contributed by atoms with E-state index >= 15 is 0 Å². The van der Waals surface area contributed by atoms with E-state index in [1.807, 2.05) is 0 Å². The first-order valence-electron chi connectivity index (χ1n) is 21.7. The molecule has 63 heavy (non-hydrogen) atoms. The van der Waals surface area contributed by atoms with Crippen LogP contribution in [0.25, 0.3) is 116 Å². The van der Waals surface area contributed by atoms with Gasteiger partial charge < -0.3 is 13.7 Å². The minimum absolute atomic E-state index is 1.14. The van der Waals surface area contributed by atoms with Gasteiger partial charge in [-0.05, 0) is 88.5 Å². The number of benzene rings is 10. The van der Waals surface area contributed by atoms with Gasteiger partial charge in [-0.2, -0.15) is 0 Å². The van der Waals surface area contributed by atoms with Crippen molar-refractivity contribution in [3.8, 4) is 50.4 Å². The first-order chi connectivity index (χ1) is 31.3. The van der Waals surface area contributed by atoms with Crippen molar-refractivity contribution in [2.75, 3.05) is 0 Å². The molecule has 0 unspecified atom stereocenters. The molecule has 0 aliphatic rings. The molecule has 3 heteroatoms. The monoisotopic (exact) mass is 801 g/mol. The third-order valence-electron chi connectivity index (χ3n) is 13.0. The van der Waals surface area contributed by atoms with E-state index in [4.69, 9.17) is 0 Å². The minimum Gasteiger partial charge on any atom is -0.309 e. The van der Waals surface area contributed by atoms with E-state index in [1.165, 1.54) is 98.8 Å². The van der Waals surface area contributed by atoms with E-state index in [2.05, 4.69) is 250 Å². The average molecular weight is 802 g/mol. The van der Waals surface area contributed by atoms with E-state index < -0.39 is 0 Å². The lowest BCUT2D eigenvalue weighted by Crippen LogP contribution is -1.98. The van der Waals surface area contributed by atoms with Crippen LogP contribution in [0.5, 0.6) is 0 Å². The summed E-state index contributed by atoms with van der Waals surface area (Å²) < 4.78 is 7.42. The van der Waals surface area contributed by atoms with E-state index in [1.54, 1.807) is 0 Å². The Hall–Kier alpha value is -8.40. The molecule has 13 aromatic rings. The summed E-state index contributed by atoms with van der Waals surface area (Å²) >= 11 is 0. The summed E-state index contributed by atoms with van der Waals surface area (Å²) in [6.07, 6.45) is 0. The van der Waals surface area contributed by atoms with Gasteiger partial charge in [0, 0.05) is 49.3 Å². The first-order valence-corrected chi connectivity index (χ1v) is 21.7. The minimum atomic E-state index is 1.14. The molecule has 0 bridgehead atoms. The molecule has 0 saturated carbocycles. The van der Waals surface area contributed by atoms with Crippen LogP contribution in [0.4, 0.5) is 0 Å².